The van der Waals surface area contributed by atoms with Crippen LogP contribution in [0.5, 0.6) is 0 Å². The number of carboxylic acid groups (broad SMARTS) is 1. The van der Waals surface area contributed by atoms with Gasteiger partial charge in [-0.3, -0.25) is 4.79 Å². The Morgan fingerprint density at radius 3 is 2.38 bits per heavy atom. The summed E-state index contributed by atoms with van der Waals surface area (Å²) in [4.78, 5) is 21.7. The van der Waals surface area contributed by atoms with Crippen LogP contribution >= 0.6 is 0 Å². The van der Waals surface area contributed by atoms with Gasteiger partial charge in [-0.25, -0.2) is 4.79 Å². The smallest absolute Gasteiger partial charge is 0.407 e. The number of amides is 1. The largest absolute Gasteiger partial charge is 0.481 e. The van der Waals surface area contributed by atoms with Crippen LogP contribution in [0.2, 0.25) is 0 Å². The van der Waals surface area contributed by atoms with Crippen molar-refractivity contribution in [3.8, 4) is 0 Å². The molecule has 94 valence electrons. The number of ether oxygens (including phenoxy) is 1. The fraction of sp³-hybridized carbons (Fsp3) is 0.800. The Labute approximate surface area is 95.1 Å². The molecule has 0 heterocycles. The Bertz CT molecular complexity index is 248. The van der Waals surface area contributed by atoms with Crippen molar-refractivity contribution in [2.75, 3.05) is 13.1 Å². The van der Waals surface area contributed by atoms with E-state index in [9.17, 15) is 9.59 Å². The molecule has 6 nitrogen and oxygen atoms in total. The minimum Gasteiger partial charge on any atom is -0.481 e. The molecule has 1 atom stereocenters. The van der Waals surface area contributed by atoms with Gasteiger partial charge in [0.05, 0.1) is 6.42 Å². The monoisotopic (exact) mass is 232 g/mol. The Kier molecular flexibility index (Phi) is 5.81. The molecule has 0 bridgehead atoms. The number of nitrogens with one attached hydrogen (secondary N) is 1. The highest BCUT2D eigenvalue weighted by Gasteiger charge is 2.18. The Hall–Kier alpha value is -1.30. The van der Waals surface area contributed by atoms with Crippen LogP contribution in [0.3, 0.4) is 0 Å². The van der Waals surface area contributed by atoms with E-state index in [0.717, 1.165) is 0 Å². The Balaban J connectivity index is 3.93. The third-order valence-electron chi connectivity index (χ3n) is 1.73. The third kappa shape index (κ3) is 8.05. The predicted molar refractivity (Wildman–Crippen MR) is 59.0 cm³/mol. The van der Waals surface area contributed by atoms with Crippen molar-refractivity contribution in [1.29, 1.82) is 0 Å². The zero-order valence-corrected chi connectivity index (χ0v) is 9.95. The molecule has 0 aromatic rings. The lowest BCUT2D eigenvalue weighted by Gasteiger charge is -2.21. The van der Waals surface area contributed by atoms with Crippen LogP contribution in [0.1, 0.15) is 27.2 Å². The van der Waals surface area contributed by atoms with Gasteiger partial charge in [0.15, 0.2) is 0 Å². The van der Waals surface area contributed by atoms with Gasteiger partial charge < -0.3 is 20.9 Å². The van der Waals surface area contributed by atoms with Crippen LogP contribution in [0, 0.1) is 5.92 Å². The van der Waals surface area contributed by atoms with Crippen LogP contribution in [-0.4, -0.2) is 35.9 Å². The Morgan fingerprint density at radius 1 is 1.44 bits per heavy atom. The third-order valence-corrected chi connectivity index (χ3v) is 1.73. The normalized spacial score (nSPS) is 13.0. The van der Waals surface area contributed by atoms with Crippen molar-refractivity contribution in [3.63, 3.8) is 0 Å². The van der Waals surface area contributed by atoms with Gasteiger partial charge in [0.25, 0.3) is 0 Å². The van der Waals surface area contributed by atoms with Gasteiger partial charge in [-0.05, 0) is 33.2 Å². The maximum atomic E-state index is 11.2. The number of carboxylic acids is 1. The molecular weight excluding hydrogens is 212 g/mol. The number of carbonyl (C=O) groups is 2. The number of nitrogens with two attached hydrogens (primary N) is 1. The number of hydrogen-bond acceptors (Lipinski definition) is 4. The molecule has 0 aromatic heterocycles. The lowest BCUT2D eigenvalue weighted by Crippen LogP contribution is -2.37. The average Bonchev–Trinajstić information content (AvgIpc) is 2.08. The minimum atomic E-state index is -0.929. The second-order valence-electron chi connectivity index (χ2n) is 4.58. The first kappa shape index (κ1) is 14.7. The first-order valence-electron chi connectivity index (χ1n) is 5.13. The van der Waals surface area contributed by atoms with Crippen molar-refractivity contribution in [2.45, 2.75) is 32.8 Å². The molecule has 0 spiro atoms. The highest BCUT2D eigenvalue weighted by atomic mass is 16.6. The summed E-state index contributed by atoms with van der Waals surface area (Å²) in [6, 6.07) is 0. The minimum absolute atomic E-state index is 0.0632. The second-order valence-corrected chi connectivity index (χ2v) is 4.58. The quantitative estimate of drug-likeness (QED) is 0.643. The molecular formula is C10H20N2O4. The van der Waals surface area contributed by atoms with Gasteiger partial charge in [-0.15, -0.1) is 0 Å². The van der Waals surface area contributed by atoms with Crippen LogP contribution in [0.25, 0.3) is 0 Å². The predicted octanol–water partition coefficient (Wildman–Crippen LogP) is 0.561. The van der Waals surface area contributed by atoms with Crippen molar-refractivity contribution in [3.05, 3.63) is 0 Å². The van der Waals surface area contributed by atoms with Crippen molar-refractivity contribution in [1.82, 2.24) is 5.32 Å². The topological polar surface area (TPSA) is 102 Å². The lowest BCUT2D eigenvalue weighted by molar-refractivity contribution is -0.138. The zero-order valence-electron chi connectivity index (χ0n) is 9.95. The van der Waals surface area contributed by atoms with Gasteiger partial charge in [0.1, 0.15) is 5.60 Å². The van der Waals surface area contributed by atoms with E-state index in [-0.39, 0.29) is 25.4 Å². The summed E-state index contributed by atoms with van der Waals surface area (Å²) in [7, 11) is 0. The van der Waals surface area contributed by atoms with Crippen molar-refractivity contribution in [2.24, 2.45) is 11.7 Å². The maximum absolute atomic E-state index is 11.2. The zero-order chi connectivity index (χ0) is 12.8. The molecule has 16 heavy (non-hydrogen) atoms. The molecule has 0 aliphatic carbocycles. The van der Waals surface area contributed by atoms with E-state index in [0.29, 0.717) is 0 Å². The first-order chi connectivity index (χ1) is 7.24. The molecule has 0 saturated heterocycles. The summed E-state index contributed by atoms with van der Waals surface area (Å²) in [5.41, 5.74) is 4.82. The highest BCUT2D eigenvalue weighted by Crippen LogP contribution is 2.07. The number of alkyl carbamates (subject to hydrolysis) is 1. The van der Waals surface area contributed by atoms with E-state index < -0.39 is 17.7 Å². The van der Waals surface area contributed by atoms with Gasteiger partial charge in [0.2, 0.25) is 0 Å². The standard InChI is InChI=1S/C10H20N2O4/c1-10(2,3)16-9(15)12-6-7(5-11)4-8(13)14/h7H,4-6,11H2,1-3H3,(H,12,15)(H,13,14). The fourth-order valence-corrected chi connectivity index (χ4v) is 1.03. The summed E-state index contributed by atoms with van der Waals surface area (Å²) in [6.07, 6.45) is -0.622. The van der Waals surface area contributed by atoms with E-state index in [1.807, 2.05) is 0 Å². The number of rotatable bonds is 5. The summed E-state index contributed by atoms with van der Waals surface area (Å²) in [5, 5.41) is 11.1. The molecule has 0 saturated carbocycles. The van der Waals surface area contributed by atoms with E-state index in [1.165, 1.54) is 0 Å². The Morgan fingerprint density at radius 2 is 2.00 bits per heavy atom. The summed E-state index contributed by atoms with van der Waals surface area (Å²) < 4.78 is 5.00. The highest BCUT2D eigenvalue weighted by molar-refractivity contribution is 5.68. The van der Waals surface area contributed by atoms with Gasteiger partial charge in [-0.2, -0.15) is 0 Å². The van der Waals surface area contributed by atoms with Crippen LogP contribution in [-0.2, 0) is 9.53 Å². The fourth-order valence-electron chi connectivity index (χ4n) is 1.03. The van der Waals surface area contributed by atoms with E-state index in [4.69, 9.17) is 15.6 Å². The van der Waals surface area contributed by atoms with Crippen LogP contribution < -0.4 is 11.1 Å². The molecule has 0 aromatic carbocycles. The molecule has 4 N–H and O–H groups in total. The van der Waals surface area contributed by atoms with E-state index >= 15 is 0 Å². The molecule has 0 rings (SSSR count). The molecule has 6 heteroatoms. The van der Waals surface area contributed by atoms with E-state index in [2.05, 4.69) is 5.32 Å². The van der Waals surface area contributed by atoms with Crippen LogP contribution in [0.15, 0.2) is 0 Å². The second kappa shape index (κ2) is 6.32. The lowest BCUT2D eigenvalue weighted by atomic mass is 10.1. The maximum Gasteiger partial charge on any atom is 0.407 e. The van der Waals surface area contributed by atoms with Crippen LogP contribution in [0.4, 0.5) is 4.79 Å². The summed E-state index contributed by atoms with van der Waals surface area (Å²) in [5.74, 6) is -1.20. The number of hydrogen-bond donors (Lipinski definition) is 3. The van der Waals surface area contributed by atoms with E-state index in [1.54, 1.807) is 20.8 Å². The van der Waals surface area contributed by atoms with Gasteiger partial charge >= 0.3 is 12.1 Å². The van der Waals surface area contributed by atoms with Crippen molar-refractivity contribution < 1.29 is 19.4 Å². The average molecular weight is 232 g/mol. The van der Waals surface area contributed by atoms with Gasteiger partial charge in [-0.1, -0.05) is 0 Å². The molecule has 0 radical (unpaired) electrons. The summed E-state index contributed by atoms with van der Waals surface area (Å²) in [6.45, 7) is 5.68. The molecule has 0 aliphatic heterocycles. The number of aliphatic carboxylic acids is 1. The first-order valence-corrected chi connectivity index (χ1v) is 5.13. The summed E-state index contributed by atoms with van der Waals surface area (Å²) >= 11 is 0. The van der Waals surface area contributed by atoms with Crippen molar-refractivity contribution >= 4 is 12.1 Å². The molecule has 0 aliphatic rings. The molecule has 0 fully saturated rings. The number of carbonyl (C=O) groups excluding carboxylic acids is 1. The SMILES string of the molecule is CC(C)(C)OC(=O)NCC(CN)CC(=O)O. The van der Waals surface area contributed by atoms with Gasteiger partial charge in [0, 0.05) is 6.54 Å². The molecule has 1 unspecified atom stereocenters. The molecule has 1 amide bonds.